The maximum absolute atomic E-state index is 11.7. The van der Waals surface area contributed by atoms with Crippen molar-refractivity contribution in [3.05, 3.63) is 71.8 Å². The van der Waals surface area contributed by atoms with Gasteiger partial charge in [-0.05, 0) is 17.5 Å². The first-order valence-corrected chi connectivity index (χ1v) is 7.27. The molecule has 3 nitrogen and oxygen atoms in total. The SMILES string of the molecule is O=C(CCc1ccccc1)NCCOCc1ccccc1. The van der Waals surface area contributed by atoms with Crippen molar-refractivity contribution >= 4 is 5.91 Å². The summed E-state index contributed by atoms with van der Waals surface area (Å²) in [5.74, 6) is 0.0714. The van der Waals surface area contributed by atoms with E-state index in [1.807, 2.05) is 60.7 Å². The zero-order chi connectivity index (χ0) is 14.8. The first-order chi connectivity index (χ1) is 10.3. The summed E-state index contributed by atoms with van der Waals surface area (Å²) in [6.07, 6.45) is 1.29. The van der Waals surface area contributed by atoms with Crippen molar-refractivity contribution in [1.82, 2.24) is 5.32 Å². The predicted octanol–water partition coefficient (Wildman–Crippen LogP) is 2.95. The monoisotopic (exact) mass is 283 g/mol. The third-order valence-corrected chi connectivity index (χ3v) is 3.16. The summed E-state index contributed by atoms with van der Waals surface area (Å²) < 4.78 is 5.52. The van der Waals surface area contributed by atoms with Gasteiger partial charge in [0.05, 0.1) is 13.2 Å². The van der Waals surface area contributed by atoms with Gasteiger partial charge in [0, 0.05) is 13.0 Å². The Morgan fingerprint density at radius 1 is 0.905 bits per heavy atom. The molecule has 0 aliphatic heterocycles. The Hall–Kier alpha value is -2.13. The molecule has 2 aromatic rings. The van der Waals surface area contributed by atoms with Crippen molar-refractivity contribution in [1.29, 1.82) is 0 Å². The Balaban J connectivity index is 1.53. The van der Waals surface area contributed by atoms with Crippen LogP contribution in [0.25, 0.3) is 0 Å². The standard InChI is InChI=1S/C18H21NO2/c20-18(12-11-16-7-3-1-4-8-16)19-13-14-21-15-17-9-5-2-6-10-17/h1-10H,11-15H2,(H,19,20). The Labute approximate surface area is 126 Å². The summed E-state index contributed by atoms with van der Waals surface area (Å²) in [5, 5.41) is 2.88. The van der Waals surface area contributed by atoms with Crippen molar-refractivity contribution in [2.75, 3.05) is 13.2 Å². The van der Waals surface area contributed by atoms with E-state index < -0.39 is 0 Å². The molecule has 1 N–H and O–H groups in total. The van der Waals surface area contributed by atoms with Crippen LogP contribution in [0.4, 0.5) is 0 Å². The van der Waals surface area contributed by atoms with E-state index >= 15 is 0 Å². The largest absolute Gasteiger partial charge is 0.375 e. The summed E-state index contributed by atoms with van der Waals surface area (Å²) >= 11 is 0. The number of carbonyl (C=O) groups excluding carboxylic acids is 1. The van der Waals surface area contributed by atoms with Gasteiger partial charge in [0.25, 0.3) is 0 Å². The van der Waals surface area contributed by atoms with Crippen LogP contribution in [0.5, 0.6) is 0 Å². The summed E-state index contributed by atoms with van der Waals surface area (Å²) in [7, 11) is 0. The summed E-state index contributed by atoms with van der Waals surface area (Å²) in [6.45, 7) is 1.67. The highest BCUT2D eigenvalue weighted by molar-refractivity contribution is 5.76. The highest BCUT2D eigenvalue weighted by atomic mass is 16.5. The number of amides is 1. The highest BCUT2D eigenvalue weighted by Gasteiger charge is 2.01. The van der Waals surface area contributed by atoms with Crippen LogP contribution in [-0.2, 0) is 22.6 Å². The van der Waals surface area contributed by atoms with E-state index in [1.54, 1.807) is 0 Å². The molecule has 2 aromatic carbocycles. The summed E-state index contributed by atoms with van der Waals surface area (Å²) in [4.78, 5) is 11.7. The van der Waals surface area contributed by atoms with Crippen LogP contribution >= 0.6 is 0 Å². The van der Waals surface area contributed by atoms with Crippen LogP contribution < -0.4 is 5.32 Å². The minimum absolute atomic E-state index is 0.0714. The molecule has 0 spiro atoms. The molecule has 0 aliphatic carbocycles. The van der Waals surface area contributed by atoms with Gasteiger partial charge in [-0.25, -0.2) is 0 Å². The fourth-order valence-corrected chi connectivity index (χ4v) is 2.02. The van der Waals surface area contributed by atoms with Crippen LogP contribution in [0.3, 0.4) is 0 Å². The van der Waals surface area contributed by atoms with Crippen LogP contribution in [0.2, 0.25) is 0 Å². The normalized spacial score (nSPS) is 10.3. The second-order valence-corrected chi connectivity index (χ2v) is 4.87. The maximum atomic E-state index is 11.7. The van der Waals surface area contributed by atoms with Crippen LogP contribution in [0, 0.1) is 0 Å². The lowest BCUT2D eigenvalue weighted by Gasteiger charge is -2.07. The lowest BCUT2D eigenvalue weighted by Crippen LogP contribution is -2.27. The van der Waals surface area contributed by atoms with Gasteiger partial charge in [-0.2, -0.15) is 0 Å². The zero-order valence-corrected chi connectivity index (χ0v) is 12.1. The van der Waals surface area contributed by atoms with Crippen molar-refractivity contribution in [3.8, 4) is 0 Å². The number of hydrogen-bond donors (Lipinski definition) is 1. The van der Waals surface area contributed by atoms with Crippen molar-refractivity contribution in [2.45, 2.75) is 19.4 Å². The number of carbonyl (C=O) groups is 1. The number of rotatable bonds is 8. The van der Waals surface area contributed by atoms with Gasteiger partial charge < -0.3 is 10.1 Å². The Bertz CT molecular complexity index is 525. The number of aryl methyl sites for hydroxylation is 1. The molecule has 0 bridgehead atoms. The molecule has 0 heterocycles. The minimum Gasteiger partial charge on any atom is -0.375 e. The highest BCUT2D eigenvalue weighted by Crippen LogP contribution is 2.02. The van der Waals surface area contributed by atoms with Gasteiger partial charge in [0.15, 0.2) is 0 Å². The van der Waals surface area contributed by atoms with Gasteiger partial charge in [0.1, 0.15) is 0 Å². The fourth-order valence-electron chi connectivity index (χ4n) is 2.02. The molecule has 2 rings (SSSR count). The number of benzene rings is 2. The van der Waals surface area contributed by atoms with E-state index in [9.17, 15) is 4.79 Å². The molecular weight excluding hydrogens is 262 g/mol. The second kappa shape index (κ2) is 8.93. The molecule has 3 heteroatoms. The molecule has 0 saturated heterocycles. The summed E-state index contributed by atoms with van der Waals surface area (Å²) in [5.41, 5.74) is 2.33. The lowest BCUT2D eigenvalue weighted by atomic mass is 10.1. The maximum Gasteiger partial charge on any atom is 0.220 e. The van der Waals surface area contributed by atoms with E-state index in [0.29, 0.717) is 26.2 Å². The second-order valence-electron chi connectivity index (χ2n) is 4.87. The average Bonchev–Trinajstić information content (AvgIpc) is 2.54. The molecule has 1 amide bonds. The first-order valence-electron chi connectivity index (χ1n) is 7.27. The van der Waals surface area contributed by atoms with Gasteiger partial charge in [0.2, 0.25) is 5.91 Å². The predicted molar refractivity (Wildman–Crippen MR) is 83.9 cm³/mol. The molecular formula is C18H21NO2. The van der Waals surface area contributed by atoms with Gasteiger partial charge >= 0.3 is 0 Å². The molecule has 0 aromatic heterocycles. The Morgan fingerprint density at radius 3 is 2.19 bits per heavy atom. The van der Waals surface area contributed by atoms with E-state index in [1.165, 1.54) is 5.56 Å². The molecule has 0 unspecified atom stereocenters. The Kier molecular flexibility index (Phi) is 6.49. The molecule has 110 valence electrons. The molecule has 0 radical (unpaired) electrons. The smallest absolute Gasteiger partial charge is 0.220 e. The molecule has 21 heavy (non-hydrogen) atoms. The molecule has 0 aliphatic rings. The van der Waals surface area contributed by atoms with Crippen molar-refractivity contribution in [2.24, 2.45) is 0 Å². The lowest BCUT2D eigenvalue weighted by molar-refractivity contribution is -0.121. The van der Waals surface area contributed by atoms with Gasteiger partial charge in [-0.15, -0.1) is 0 Å². The van der Waals surface area contributed by atoms with E-state index in [4.69, 9.17) is 4.74 Å². The third kappa shape index (κ3) is 6.23. The zero-order valence-electron chi connectivity index (χ0n) is 12.1. The molecule has 0 fully saturated rings. The van der Waals surface area contributed by atoms with Crippen molar-refractivity contribution in [3.63, 3.8) is 0 Å². The number of hydrogen-bond acceptors (Lipinski definition) is 2. The van der Waals surface area contributed by atoms with Gasteiger partial charge in [-0.3, -0.25) is 4.79 Å². The van der Waals surface area contributed by atoms with Crippen molar-refractivity contribution < 1.29 is 9.53 Å². The van der Waals surface area contributed by atoms with E-state index in [2.05, 4.69) is 5.32 Å². The quantitative estimate of drug-likeness (QED) is 0.756. The van der Waals surface area contributed by atoms with E-state index in [0.717, 1.165) is 12.0 Å². The Morgan fingerprint density at radius 2 is 1.52 bits per heavy atom. The number of ether oxygens (including phenoxy) is 1. The topological polar surface area (TPSA) is 38.3 Å². The molecule has 0 atom stereocenters. The minimum atomic E-state index is 0.0714. The first kappa shape index (κ1) is 15.3. The average molecular weight is 283 g/mol. The third-order valence-electron chi connectivity index (χ3n) is 3.16. The summed E-state index contributed by atoms with van der Waals surface area (Å²) in [6, 6.07) is 20.1. The van der Waals surface area contributed by atoms with Crippen LogP contribution in [-0.4, -0.2) is 19.1 Å². The fraction of sp³-hybridized carbons (Fsp3) is 0.278. The van der Waals surface area contributed by atoms with Crippen LogP contribution in [0.1, 0.15) is 17.5 Å². The number of nitrogens with one attached hydrogen (secondary N) is 1. The van der Waals surface area contributed by atoms with Crippen LogP contribution in [0.15, 0.2) is 60.7 Å². The van der Waals surface area contributed by atoms with E-state index in [-0.39, 0.29) is 5.91 Å². The van der Waals surface area contributed by atoms with Gasteiger partial charge in [-0.1, -0.05) is 60.7 Å². The molecule has 0 saturated carbocycles.